The number of ketones is 1. The molecule has 0 saturated heterocycles. The Kier molecular flexibility index (Phi) is 15.8. The molecule has 2 aromatic heterocycles. The van der Waals surface area contributed by atoms with E-state index in [-0.39, 0.29) is 55.7 Å². The minimum Gasteiger partial charge on any atom is -0.325 e. The number of anilines is 2. The highest BCUT2D eigenvalue weighted by Gasteiger charge is 2.19. The summed E-state index contributed by atoms with van der Waals surface area (Å²) >= 11 is 17.4. The van der Waals surface area contributed by atoms with Crippen molar-refractivity contribution in [2.45, 2.75) is 16.2 Å². The number of sulfonamides is 2. The molecule has 2 heterocycles. The predicted molar refractivity (Wildman–Crippen MR) is 224 cm³/mol. The maximum Gasteiger partial charge on any atom is 0.263 e. The predicted octanol–water partition coefficient (Wildman–Crippen LogP) is 5.53. The van der Waals surface area contributed by atoms with Gasteiger partial charge in [0.25, 0.3) is 10.0 Å². The second kappa shape index (κ2) is 20.0. The van der Waals surface area contributed by atoms with Gasteiger partial charge in [0.15, 0.2) is 27.1 Å². The Hall–Kier alpha value is -4.85. The fourth-order valence-corrected chi connectivity index (χ4v) is 7.03. The van der Waals surface area contributed by atoms with E-state index in [2.05, 4.69) is 30.0 Å². The molecule has 0 bridgehead atoms. The van der Waals surface area contributed by atoms with Crippen LogP contribution in [0.25, 0.3) is 22.1 Å². The van der Waals surface area contributed by atoms with Crippen LogP contribution in [-0.2, 0) is 36.1 Å². The molecule has 20 heteroatoms. The van der Waals surface area contributed by atoms with Crippen molar-refractivity contribution in [1.82, 2.24) is 29.7 Å². The fourth-order valence-electron chi connectivity index (χ4n) is 4.88. The smallest absolute Gasteiger partial charge is 0.263 e. The van der Waals surface area contributed by atoms with Gasteiger partial charge in [-0.2, -0.15) is 0 Å². The number of carbonyl (C=O) groups excluding carboxylic acids is 2. The van der Waals surface area contributed by atoms with Gasteiger partial charge in [-0.3, -0.25) is 14.3 Å². The van der Waals surface area contributed by atoms with Gasteiger partial charge in [-0.15, -0.1) is 0 Å². The maximum absolute atomic E-state index is 12.7. The summed E-state index contributed by atoms with van der Waals surface area (Å²) < 4.78 is 50.1. The standard InChI is InChI=1S/C18H18ClN5O3S.C11H16N2O3S.C8H4Cl2N2/c1-24(2)11-16(25)20-12-6-5-7-13(10-12)28(26,27)23-18-17(19)21-14-8-3-4-9-15(14)22-18;1-13(2)8-10(14)6-9-4-3-5-11(7-9)17(12,15)16;9-7-8(10)12-6-4-2-1-3-5(6)11-7/h3-10H,11H2,1-2H3,(H,20,25)(H,22,23);3-5,7H,6,8H2,1-2H3,(H2,12,15,16);1-4H. The van der Waals surface area contributed by atoms with Crippen LogP contribution in [0.5, 0.6) is 0 Å². The molecule has 0 unspecified atom stereocenters. The van der Waals surface area contributed by atoms with Crippen LogP contribution in [0.1, 0.15) is 5.56 Å². The molecule has 300 valence electrons. The average molecular weight is 875 g/mol. The summed E-state index contributed by atoms with van der Waals surface area (Å²) in [6.07, 6.45) is 0.210. The molecule has 1 amide bonds. The first-order valence-electron chi connectivity index (χ1n) is 16.7. The number of nitrogens with one attached hydrogen (secondary N) is 2. The number of aromatic nitrogens is 4. The van der Waals surface area contributed by atoms with Crippen LogP contribution < -0.4 is 15.2 Å². The van der Waals surface area contributed by atoms with Crippen molar-refractivity contribution in [2.75, 3.05) is 51.3 Å². The minimum absolute atomic E-state index is 0.0292. The first-order valence-corrected chi connectivity index (χ1v) is 20.8. The second-order valence-corrected chi connectivity index (χ2v) is 17.0. The molecule has 0 radical (unpaired) electrons. The second-order valence-electron chi connectivity index (χ2n) is 12.7. The van der Waals surface area contributed by atoms with E-state index in [0.29, 0.717) is 28.8 Å². The number of likely N-dealkylation sites (N-methyl/N-ethyl adjacent to an activating group) is 2. The maximum atomic E-state index is 12.7. The zero-order valence-electron chi connectivity index (χ0n) is 31.0. The molecule has 6 rings (SSSR count). The van der Waals surface area contributed by atoms with Gasteiger partial charge in [-0.05, 0) is 88.4 Å². The molecule has 0 saturated carbocycles. The molecule has 4 N–H and O–H groups in total. The van der Waals surface area contributed by atoms with Crippen LogP contribution in [0, 0.1) is 0 Å². The van der Waals surface area contributed by atoms with Gasteiger partial charge in [-0.25, -0.2) is 41.9 Å². The molecule has 15 nitrogen and oxygen atoms in total. The number of benzene rings is 4. The van der Waals surface area contributed by atoms with Gasteiger partial charge in [0.1, 0.15) is 0 Å². The number of amides is 1. The van der Waals surface area contributed by atoms with Crippen molar-refractivity contribution in [3.8, 4) is 0 Å². The highest BCUT2D eigenvalue weighted by Crippen LogP contribution is 2.25. The molecule has 0 aliphatic rings. The van der Waals surface area contributed by atoms with Crippen molar-refractivity contribution in [1.29, 1.82) is 0 Å². The third-order valence-corrected chi connectivity index (χ3v) is 10.4. The lowest BCUT2D eigenvalue weighted by Gasteiger charge is -2.12. The number of primary sulfonamides is 1. The number of carbonyl (C=O) groups is 2. The Labute approximate surface area is 345 Å². The highest BCUT2D eigenvalue weighted by atomic mass is 35.5. The lowest BCUT2D eigenvalue weighted by molar-refractivity contribution is -0.119. The van der Waals surface area contributed by atoms with E-state index < -0.39 is 20.0 Å². The van der Waals surface area contributed by atoms with Crippen LogP contribution in [0.3, 0.4) is 0 Å². The van der Waals surface area contributed by atoms with E-state index in [9.17, 15) is 26.4 Å². The van der Waals surface area contributed by atoms with Gasteiger partial charge in [0, 0.05) is 12.1 Å². The van der Waals surface area contributed by atoms with Gasteiger partial charge in [-0.1, -0.05) is 77.3 Å². The third-order valence-electron chi connectivity index (χ3n) is 7.26. The number of nitrogens with zero attached hydrogens (tertiary/aromatic N) is 6. The van der Waals surface area contributed by atoms with Crippen molar-refractivity contribution < 1.29 is 26.4 Å². The molecule has 6 aromatic rings. The van der Waals surface area contributed by atoms with Crippen LogP contribution in [0.15, 0.2) is 107 Å². The number of para-hydroxylation sites is 4. The van der Waals surface area contributed by atoms with Crippen LogP contribution >= 0.6 is 34.8 Å². The van der Waals surface area contributed by atoms with Gasteiger partial charge >= 0.3 is 0 Å². The SMILES string of the molecule is CN(C)CC(=O)Cc1cccc(S(N)(=O)=O)c1.CN(C)CC(=O)Nc1cccc(S(=O)(=O)Nc2nc3ccccc3nc2Cl)c1.Clc1nc2ccccc2nc1Cl. The van der Waals surface area contributed by atoms with Crippen molar-refractivity contribution in [2.24, 2.45) is 5.14 Å². The Morgan fingerprint density at radius 2 is 1.12 bits per heavy atom. The van der Waals surface area contributed by atoms with Crippen molar-refractivity contribution in [3.05, 3.63) is 118 Å². The van der Waals surface area contributed by atoms with E-state index in [4.69, 9.17) is 39.9 Å². The fraction of sp³-hybridized carbons (Fsp3) is 0.189. The summed E-state index contributed by atoms with van der Waals surface area (Å²) in [6.45, 7) is 0.511. The number of hydrogen-bond donors (Lipinski definition) is 3. The largest absolute Gasteiger partial charge is 0.325 e. The van der Waals surface area contributed by atoms with Crippen molar-refractivity contribution >= 4 is 100 Å². The van der Waals surface area contributed by atoms with E-state index in [1.165, 1.54) is 30.3 Å². The van der Waals surface area contributed by atoms with Gasteiger partial charge < -0.3 is 15.1 Å². The number of fused-ring (bicyclic) bond motifs is 2. The number of rotatable bonds is 11. The zero-order chi connectivity index (χ0) is 41.9. The molecule has 0 aliphatic carbocycles. The summed E-state index contributed by atoms with van der Waals surface area (Å²) in [7, 11) is -0.557. The number of Topliss-reactive ketones (excluding diaryl/α,β-unsaturated/α-hetero) is 1. The lowest BCUT2D eigenvalue weighted by Crippen LogP contribution is -2.27. The average Bonchev–Trinajstić information content (AvgIpc) is 3.12. The van der Waals surface area contributed by atoms with E-state index in [1.807, 2.05) is 24.3 Å². The van der Waals surface area contributed by atoms with Gasteiger partial charge in [0.2, 0.25) is 15.9 Å². The normalized spacial score (nSPS) is 11.4. The number of hydrogen-bond acceptors (Lipinski definition) is 12. The number of halogens is 3. The van der Waals surface area contributed by atoms with E-state index in [1.54, 1.807) is 80.5 Å². The Morgan fingerprint density at radius 1 is 0.632 bits per heavy atom. The molecule has 0 aliphatic heterocycles. The Morgan fingerprint density at radius 3 is 1.65 bits per heavy atom. The van der Waals surface area contributed by atoms with Crippen LogP contribution in [0.2, 0.25) is 15.5 Å². The summed E-state index contributed by atoms with van der Waals surface area (Å²) in [6, 6.07) is 26.5. The van der Waals surface area contributed by atoms with E-state index in [0.717, 1.165) is 11.0 Å². The summed E-state index contributed by atoms with van der Waals surface area (Å²) in [5.74, 6) is -0.292. The van der Waals surface area contributed by atoms with Gasteiger partial charge in [0.05, 0.1) is 44.9 Å². The Bertz CT molecular complexity index is 2580. The summed E-state index contributed by atoms with van der Waals surface area (Å²) in [5, 5.41) is 8.11. The molecular weight excluding hydrogens is 837 g/mol. The molecular formula is C37H38Cl3N9O6S2. The van der Waals surface area contributed by atoms with Crippen LogP contribution in [0.4, 0.5) is 11.5 Å². The topological polar surface area (TPSA) is 211 Å². The first kappa shape index (κ1) is 44.9. The monoisotopic (exact) mass is 873 g/mol. The lowest BCUT2D eigenvalue weighted by atomic mass is 10.1. The quantitative estimate of drug-likeness (QED) is 0.147. The third kappa shape index (κ3) is 13.9. The molecule has 0 fully saturated rings. The van der Waals surface area contributed by atoms with Crippen molar-refractivity contribution in [3.63, 3.8) is 0 Å². The highest BCUT2D eigenvalue weighted by molar-refractivity contribution is 7.92. The molecule has 0 atom stereocenters. The zero-order valence-corrected chi connectivity index (χ0v) is 34.9. The molecule has 0 spiro atoms. The summed E-state index contributed by atoms with van der Waals surface area (Å²) in [5.41, 5.74) is 3.60. The summed E-state index contributed by atoms with van der Waals surface area (Å²) in [4.78, 5) is 43.4. The number of nitrogens with two attached hydrogens (primary N) is 1. The molecule has 57 heavy (non-hydrogen) atoms. The van der Waals surface area contributed by atoms with Crippen LogP contribution in [-0.4, -0.2) is 99.5 Å². The molecule has 4 aromatic carbocycles. The van der Waals surface area contributed by atoms with E-state index >= 15 is 0 Å². The minimum atomic E-state index is -3.98. The Balaban J connectivity index is 0.000000210. The first-order chi connectivity index (χ1) is 26.8.